The molecule has 0 saturated heterocycles. The number of carbonyl (C=O) groups excluding carboxylic acids is 2. The minimum Gasteiger partial charge on any atom is -0.480 e. The Labute approximate surface area is 103 Å². The van der Waals surface area contributed by atoms with Crippen molar-refractivity contribution in [3.63, 3.8) is 0 Å². The summed E-state index contributed by atoms with van der Waals surface area (Å²) in [5.74, 6) is -1.11. The molecule has 0 saturated carbocycles. The molecular formula is C12H13NO5. The van der Waals surface area contributed by atoms with E-state index in [-0.39, 0.29) is 18.1 Å². The van der Waals surface area contributed by atoms with Crippen molar-refractivity contribution in [2.24, 2.45) is 0 Å². The van der Waals surface area contributed by atoms with Crippen LogP contribution in [0, 0.1) is 0 Å². The fraction of sp³-hybridized carbons (Fsp3) is 0.417. The Hall–Kier alpha value is -2.11. The first-order valence-corrected chi connectivity index (χ1v) is 5.59. The topological polar surface area (TPSA) is 87.8 Å². The highest BCUT2D eigenvalue weighted by molar-refractivity contribution is 6.01. The van der Waals surface area contributed by atoms with Crippen molar-refractivity contribution < 1.29 is 23.9 Å². The smallest absolute Gasteiger partial charge is 0.326 e. The molecular weight excluding hydrogens is 238 g/mol. The molecule has 2 heterocycles. The number of ketones is 1. The summed E-state index contributed by atoms with van der Waals surface area (Å²) in [5, 5.41) is 8.92. The maximum Gasteiger partial charge on any atom is 0.326 e. The number of Topliss-reactive ketones (excluding diaryl/α,β-unsaturated/α-hetero) is 1. The number of aliphatic carboxylic acids is 1. The van der Waals surface area contributed by atoms with Crippen molar-refractivity contribution in [1.82, 2.24) is 4.90 Å². The Morgan fingerprint density at radius 2 is 2.17 bits per heavy atom. The van der Waals surface area contributed by atoms with Crippen LogP contribution in [0.5, 0.6) is 0 Å². The largest absolute Gasteiger partial charge is 0.480 e. The molecule has 0 unspecified atom stereocenters. The van der Waals surface area contributed by atoms with Gasteiger partial charge in [-0.3, -0.25) is 9.59 Å². The predicted molar refractivity (Wildman–Crippen MR) is 60.6 cm³/mol. The summed E-state index contributed by atoms with van der Waals surface area (Å²) in [4.78, 5) is 35.4. The molecule has 18 heavy (non-hydrogen) atoms. The van der Waals surface area contributed by atoms with Crippen molar-refractivity contribution in [3.8, 4) is 0 Å². The Kier molecular flexibility index (Phi) is 2.94. The van der Waals surface area contributed by atoms with Crippen LogP contribution in [-0.4, -0.2) is 40.3 Å². The number of hydrogen-bond acceptors (Lipinski definition) is 4. The van der Waals surface area contributed by atoms with E-state index in [2.05, 4.69) is 0 Å². The number of carboxylic acid groups (broad SMARTS) is 1. The van der Waals surface area contributed by atoms with E-state index in [9.17, 15) is 14.4 Å². The van der Waals surface area contributed by atoms with E-state index in [0.717, 1.165) is 0 Å². The van der Waals surface area contributed by atoms with Gasteiger partial charge in [0.15, 0.2) is 11.5 Å². The summed E-state index contributed by atoms with van der Waals surface area (Å²) in [5.41, 5.74) is 0.291. The Balaban J connectivity index is 2.33. The van der Waals surface area contributed by atoms with E-state index in [0.29, 0.717) is 17.7 Å². The van der Waals surface area contributed by atoms with E-state index in [4.69, 9.17) is 9.52 Å². The maximum atomic E-state index is 12.1. The van der Waals surface area contributed by atoms with Crippen molar-refractivity contribution in [1.29, 1.82) is 0 Å². The zero-order valence-corrected chi connectivity index (χ0v) is 10.1. The lowest BCUT2D eigenvalue weighted by atomic mass is 10.1. The summed E-state index contributed by atoms with van der Waals surface area (Å²) in [7, 11) is 0. The number of furan rings is 1. The van der Waals surface area contributed by atoms with Crippen LogP contribution in [0.3, 0.4) is 0 Å². The number of carbonyl (C=O) groups is 3. The van der Waals surface area contributed by atoms with E-state index in [1.54, 1.807) is 0 Å². The highest BCUT2D eigenvalue weighted by Gasteiger charge is 2.33. The lowest BCUT2D eigenvalue weighted by Gasteiger charge is -2.29. The van der Waals surface area contributed by atoms with Crippen LogP contribution in [0.25, 0.3) is 0 Å². The number of amides is 1. The molecule has 1 amide bonds. The van der Waals surface area contributed by atoms with Crippen molar-refractivity contribution in [3.05, 3.63) is 23.2 Å². The average Bonchev–Trinajstić information content (AvgIpc) is 2.73. The maximum absolute atomic E-state index is 12.1. The molecule has 6 heteroatoms. The number of rotatable bonds is 3. The number of fused-ring (bicyclic) bond motifs is 1. The van der Waals surface area contributed by atoms with E-state index in [1.807, 2.05) is 0 Å². The zero-order valence-electron chi connectivity index (χ0n) is 10.1. The fourth-order valence-corrected chi connectivity index (χ4v) is 1.95. The molecule has 1 aliphatic rings. The van der Waals surface area contributed by atoms with Crippen LogP contribution < -0.4 is 0 Å². The van der Waals surface area contributed by atoms with E-state index in [1.165, 1.54) is 24.8 Å². The van der Waals surface area contributed by atoms with Gasteiger partial charge in [0.1, 0.15) is 11.8 Å². The van der Waals surface area contributed by atoms with Crippen LogP contribution in [0.4, 0.5) is 0 Å². The molecule has 0 fully saturated rings. The van der Waals surface area contributed by atoms with Crippen LogP contribution in [0.15, 0.2) is 10.5 Å². The third kappa shape index (κ3) is 1.90. The van der Waals surface area contributed by atoms with Gasteiger partial charge in [0.25, 0.3) is 5.91 Å². The molecule has 0 aliphatic carbocycles. The van der Waals surface area contributed by atoms with Gasteiger partial charge in [-0.15, -0.1) is 0 Å². The second kappa shape index (κ2) is 4.29. The summed E-state index contributed by atoms with van der Waals surface area (Å²) in [6, 6.07) is 0.502. The van der Waals surface area contributed by atoms with Gasteiger partial charge in [-0.25, -0.2) is 4.79 Å². The van der Waals surface area contributed by atoms with Crippen molar-refractivity contribution in [2.45, 2.75) is 26.3 Å². The van der Waals surface area contributed by atoms with Crippen molar-refractivity contribution >= 4 is 17.7 Å². The minimum atomic E-state index is -1.05. The number of hydrogen-bond donors (Lipinski definition) is 1. The first-order valence-electron chi connectivity index (χ1n) is 5.59. The minimum absolute atomic E-state index is 0.137. The van der Waals surface area contributed by atoms with Gasteiger partial charge in [-0.2, -0.15) is 0 Å². The molecule has 2 rings (SSSR count). The van der Waals surface area contributed by atoms with Gasteiger partial charge >= 0.3 is 5.97 Å². The SMILES string of the molecule is CC(=O)c1cc2c(o1)CCN([C@H](C)C(=O)O)C2=O. The molecule has 0 aromatic carbocycles. The normalized spacial score (nSPS) is 16.3. The fourth-order valence-electron chi connectivity index (χ4n) is 1.95. The lowest BCUT2D eigenvalue weighted by Crippen LogP contribution is -2.46. The van der Waals surface area contributed by atoms with Gasteiger partial charge in [0, 0.05) is 26.0 Å². The van der Waals surface area contributed by atoms with Crippen molar-refractivity contribution in [2.75, 3.05) is 6.54 Å². The highest BCUT2D eigenvalue weighted by Crippen LogP contribution is 2.24. The second-order valence-electron chi connectivity index (χ2n) is 4.27. The van der Waals surface area contributed by atoms with Gasteiger partial charge < -0.3 is 14.4 Å². The molecule has 96 valence electrons. The predicted octanol–water partition coefficient (Wildman–Crippen LogP) is 0.954. The monoisotopic (exact) mass is 251 g/mol. The number of carboxylic acids is 1. The third-order valence-electron chi connectivity index (χ3n) is 3.05. The van der Waals surface area contributed by atoms with Crippen LogP contribution in [-0.2, 0) is 11.2 Å². The van der Waals surface area contributed by atoms with E-state index < -0.39 is 17.9 Å². The van der Waals surface area contributed by atoms with Gasteiger partial charge in [-0.1, -0.05) is 0 Å². The molecule has 0 spiro atoms. The summed E-state index contributed by atoms with van der Waals surface area (Å²) < 4.78 is 5.28. The quantitative estimate of drug-likeness (QED) is 0.808. The summed E-state index contributed by atoms with van der Waals surface area (Å²) >= 11 is 0. The average molecular weight is 251 g/mol. The molecule has 1 aromatic rings. The molecule has 0 bridgehead atoms. The molecule has 1 atom stereocenters. The summed E-state index contributed by atoms with van der Waals surface area (Å²) in [6.45, 7) is 3.09. The lowest BCUT2D eigenvalue weighted by molar-refractivity contribution is -0.141. The third-order valence-corrected chi connectivity index (χ3v) is 3.05. The highest BCUT2D eigenvalue weighted by atomic mass is 16.4. The molecule has 0 radical (unpaired) electrons. The van der Waals surface area contributed by atoms with E-state index >= 15 is 0 Å². The Morgan fingerprint density at radius 1 is 1.50 bits per heavy atom. The first-order chi connectivity index (χ1) is 8.41. The standard InChI is InChI=1S/C12H13NO5/c1-6(12(16)17)13-4-3-9-8(11(13)15)5-10(18-9)7(2)14/h5-6H,3-4H2,1-2H3,(H,16,17)/t6-/m1/s1. The Morgan fingerprint density at radius 3 is 2.72 bits per heavy atom. The summed E-state index contributed by atoms with van der Waals surface area (Å²) in [6.07, 6.45) is 0.423. The Bertz CT molecular complexity index is 531. The van der Waals surface area contributed by atoms with Gasteiger partial charge in [0.2, 0.25) is 0 Å². The van der Waals surface area contributed by atoms with Crippen LogP contribution in [0.1, 0.15) is 40.5 Å². The molecule has 1 aromatic heterocycles. The number of nitrogens with zero attached hydrogens (tertiary/aromatic N) is 1. The second-order valence-corrected chi connectivity index (χ2v) is 4.27. The van der Waals surface area contributed by atoms with Gasteiger partial charge in [-0.05, 0) is 6.92 Å². The molecule has 1 N–H and O–H groups in total. The first kappa shape index (κ1) is 12.3. The molecule has 1 aliphatic heterocycles. The van der Waals surface area contributed by atoms with Gasteiger partial charge in [0.05, 0.1) is 5.56 Å². The zero-order chi connectivity index (χ0) is 13.4. The van der Waals surface area contributed by atoms with Crippen LogP contribution >= 0.6 is 0 Å². The molecule has 6 nitrogen and oxygen atoms in total. The van der Waals surface area contributed by atoms with Crippen LogP contribution in [0.2, 0.25) is 0 Å².